The molecule has 84 valence electrons. The molecule has 0 radical (unpaired) electrons. The number of ether oxygens (including phenoxy) is 1. The molecule has 1 aromatic heterocycles. The summed E-state index contributed by atoms with van der Waals surface area (Å²) < 4.78 is 5.41. The zero-order valence-corrected chi connectivity index (χ0v) is 9.88. The van der Waals surface area contributed by atoms with E-state index in [2.05, 4.69) is 9.97 Å². The molecule has 1 aromatic rings. The van der Waals surface area contributed by atoms with E-state index in [0.717, 1.165) is 6.54 Å². The molecule has 0 unspecified atom stereocenters. The van der Waals surface area contributed by atoms with E-state index in [-0.39, 0.29) is 5.28 Å². The maximum absolute atomic E-state index is 5.75. The average Bonchev–Trinajstić information content (AvgIpc) is 2.12. The molecule has 0 amide bonds. The van der Waals surface area contributed by atoms with Gasteiger partial charge in [0.1, 0.15) is 12.3 Å². The molecule has 0 saturated carbocycles. The Hall–Kier alpha value is -1.07. The monoisotopic (exact) mass is 230 g/mol. The van der Waals surface area contributed by atoms with Crippen molar-refractivity contribution >= 4 is 17.3 Å². The van der Waals surface area contributed by atoms with Gasteiger partial charge in [-0.1, -0.05) is 0 Å². The molecule has 0 aromatic carbocycles. The van der Waals surface area contributed by atoms with Gasteiger partial charge >= 0.3 is 0 Å². The van der Waals surface area contributed by atoms with Crippen LogP contribution in [0.5, 0.6) is 5.88 Å². The lowest BCUT2D eigenvalue weighted by Gasteiger charge is -2.12. The summed E-state index contributed by atoms with van der Waals surface area (Å²) in [6.07, 6.45) is 0. The number of nitrogen functional groups attached to an aromatic ring is 1. The highest BCUT2D eigenvalue weighted by molar-refractivity contribution is 6.28. The van der Waals surface area contributed by atoms with Gasteiger partial charge in [-0.05, 0) is 32.6 Å². The van der Waals surface area contributed by atoms with Crippen molar-refractivity contribution in [3.8, 4) is 5.88 Å². The summed E-state index contributed by atoms with van der Waals surface area (Å²) in [5.41, 5.74) is 6.82. The second kappa shape index (κ2) is 5.14. The Labute approximate surface area is 94.2 Å². The van der Waals surface area contributed by atoms with Crippen LogP contribution >= 0.6 is 11.6 Å². The smallest absolute Gasteiger partial charge is 0.241 e. The highest BCUT2D eigenvalue weighted by atomic mass is 35.5. The topological polar surface area (TPSA) is 64.3 Å². The summed E-state index contributed by atoms with van der Waals surface area (Å²) in [5, 5.41) is 0.154. The highest BCUT2D eigenvalue weighted by Crippen LogP contribution is 2.22. The maximum Gasteiger partial charge on any atom is 0.241 e. The van der Waals surface area contributed by atoms with Gasteiger partial charge in [0, 0.05) is 6.54 Å². The van der Waals surface area contributed by atoms with Crippen LogP contribution in [0.15, 0.2) is 0 Å². The second-order valence-electron chi connectivity index (χ2n) is 3.45. The van der Waals surface area contributed by atoms with Gasteiger partial charge < -0.3 is 15.4 Å². The number of aryl methyl sites for hydroxylation is 1. The van der Waals surface area contributed by atoms with Crippen LogP contribution < -0.4 is 10.5 Å². The number of hydrogen-bond donors (Lipinski definition) is 1. The molecule has 0 fully saturated rings. The van der Waals surface area contributed by atoms with Gasteiger partial charge in [0.05, 0.1) is 5.69 Å². The van der Waals surface area contributed by atoms with Crippen molar-refractivity contribution in [3.05, 3.63) is 11.0 Å². The van der Waals surface area contributed by atoms with Crippen molar-refractivity contribution in [1.29, 1.82) is 0 Å². The molecule has 0 bridgehead atoms. The molecule has 1 heterocycles. The maximum atomic E-state index is 5.75. The predicted octanol–water partition coefficient (Wildman–Crippen LogP) is 0.961. The number of aromatic nitrogens is 2. The van der Waals surface area contributed by atoms with Crippen LogP contribution in [0.2, 0.25) is 5.28 Å². The quantitative estimate of drug-likeness (QED) is 0.781. The van der Waals surface area contributed by atoms with Gasteiger partial charge in [-0.15, -0.1) is 0 Å². The number of hydrogen-bond acceptors (Lipinski definition) is 5. The minimum atomic E-state index is 0.154. The van der Waals surface area contributed by atoms with E-state index in [9.17, 15) is 0 Å². The first-order valence-corrected chi connectivity index (χ1v) is 4.95. The van der Waals surface area contributed by atoms with E-state index in [1.807, 2.05) is 19.0 Å². The zero-order chi connectivity index (χ0) is 11.4. The number of likely N-dealkylation sites (N-methyl/N-ethyl adjacent to an activating group) is 1. The Morgan fingerprint density at radius 2 is 2.07 bits per heavy atom. The highest BCUT2D eigenvalue weighted by Gasteiger charge is 2.08. The zero-order valence-electron chi connectivity index (χ0n) is 9.12. The van der Waals surface area contributed by atoms with E-state index >= 15 is 0 Å². The normalized spacial score (nSPS) is 10.7. The van der Waals surface area contributed by atoms with E-state index in [0.29, 0.717) is 23.9 Å². The summed E-state index contributed by atoms with van der Waals surface area (Å²) in [5.74, 6) is 0.356. The molecule has 15 heavy (non-hydrogen) atoms. The van der Waals surface area contributed by atoms with E-state index in [4.69, 9.17) is 22.1 Å². The standard InChI is InChI=1S/C9H15ClN4O/c1-6-7(11)8(13-9(10)12-6)15-5-4-14(2)3/h4-5,11H2,1-3H3. The fourth-order valence-electron chi connectivity index (χ4n) is 0.957. The summed E-state index contributed by atoms with van der Waals surface area (Å²) >= 11 is 5.70. The molecule has 0 aliphatic rings. The number of nitrogens with zero attached hydrogens (tertiary/aromatic N) is 3. The molecule has 0 aliphatic heterocycles. The van der Waals surface area contributed by atoms with Crippen molar-refractivity contribution < 1.29 is 4.74 Å². The van der Waals surface area contributed by atoms with Crippen molar-refractivity contribution in [2.45, 2.75) is 6.92 Å². The number of rotatable bonds is 4. The van der Waals surface area contributed by atoms with Crippen molar-refractivity contribution in [2.24, 2.45) is 0 Å². The van der Waals surface area contributed by atoms with Crippen LogP contribution in [-0.2, 0) is 0 Å². The number of halogens is 1. The summed E-state index contributed by atoms with van der Waals surface area (Å²) in [4.78, 5) is 9.84. The Bertz CT molecular complexity index is 343. The summed E-state index contributed by atoms with van der Waals surface area (Å²) in [6, 6.07) is 0. The first kappa shape index (κ1) is 12.0. The van der Waals surface area contributed by atoms with E-state index < -0.39 is 0 Å². The predicted molar refractivity (Wildman–Crippen MR) is 60.2 cm³/mol. The molecule has 6 heteroatoms. The summed E-state index contributed by atoms with van der Waals surface area (Å²) in [6.45, 7) is 3.08. The van der Waals surface area contributed by atoms with Gasteiger partial charge in [-0.3, -0.25) is 0 Å². The molecule has 0 atom stereocenters. The Balaban J connectivity index is 2.68. The molecular formula is C9H15ClN4O. The lowest BCUT2D eigenvalue weighted by molar-refractivity contribution is 0.254. The molecule has 1 rings (SSSR count). The third-order valence-corrected chi connectivity index (χ3v) is 2.02. The van der Waals surface area contributed by atoms with Crippen molar-refractivity contribution in [1.82, 2.24) is 14.9 Å². The van der Waals surface area contributed by atoms with Gasteiger partial charge in [-0.25, -0.2) is 4.98 Å². The lowest BCUT2D eigenvalue weighted by Crippen LogP contribution is -2.20. The van der Waals surface area contributed by atoms with Crippen molar-refractivity contribution in [3.63, 3.8) is 0 Å². The second-order valence-corrected chi connectivity index (χ2v) is 3.79. The van der Waals surface area contributed by atoms with Gasteiger partial charge in [-0.2, -0.15) is 4.98 Å². The SMILES string of the molecule is Cc1nc(Cl)nc(OCCN(C)C)c1N. The number of anilines is 1. The van der Waals surface area contributed by atoms with Crippen LogP contribution in [0, 0.1) is 6.92 Å². The van der Waals surface area contributed by atoms with Gasteiger partial charge in [0.2, 0.25) is 11.2 Å². The molecule has 0 spiro atoms. The molecule has 0 saturated heterocycles. The average molecular weight is 231 g/mol. The van der Waals surface area contributed by atoms with E-state index in [1.165, 1.54) is 0 Å². The van der Waals surface area contributed by atoms with Crippen LogP contribution in [0.25, 0.3) is 0 Å². The molecule has 5 nitrogen and oxygen atoms in total. The molecular weight excluding hydrogens is 216 g/mol. The molecule has 0 aliphatic carbocycles. The van der Waals surface area contributed by atoms with Crippen LogP contribution in [0.4, 0.5) is 5.69 Å². The van der Waals surface area contributed by atoms with Crippen molar-refractivity contribution in [2.75, 3.05) is 33.0 Å². The van der Waals surface area contributed by atoms with E-state index in [1.54, 1.807) is 6.92 Å². The Morgan fingerprint density at radius 1 is 1.40 bits per heavy atom. The van der Waals surface area contributed by atoms with Crippen LogP contribution in [0.1, 0.15) is 5.69 Å². The fourth-order valence-corrected chi connectivity index (χ4v) is 1.16. The third-order valence-electron chi connectivity index (χ3n) is 1.85. The third kappa shape index (κ3) is 3.53. The Morgan fingerprint density at radius 3 is 2.67 bits per heavy atom. The minimum absolute atomic E-state index is 0.154. The first-order valence-electron chi connectivity index (χ1n) is 4.58. The van der Waals surface area contributed by atoms with Gasteiger partial charge in [0.25, 0.3) is 0 Å². The number of nitrogens with two attached hydrogens (primary N) is 1. The van der Waals surface area contributed by atoms with Crippen LogP contribution in [-0.4, -0.2) is 42.1 Å². The minimum Gasteiger partial charge on any atom is -0.475 e. The largest absolute Gasteiger partial charge is 0.475 e. The van der Waals surface area contributed by atoms with Crippen LogP contribution in [0.3, 0.4) is 0 Å². The van der Waals surface area contributed by atoms with Gasteiger partial charge in [0.15, 0.2) is 0 Å². The fraction of sp³-hybridized carbons (Fsp3) is 0.556. The first-order chi connectivity index (χ1) is 7.00. The lowest BCUT2D eigenvalue weighted by atomic mass is 10.4. The Kier molecular flexibility index (Phi) is 4.11. The summed E-state index contributed by atoms with van der Waals surface area (Å²) in [7, 11) is 3.93. The molecule has 2 N–H and O–H groups in total.